The molecule has 1 aromatic rings. The fraction of sp³-hybridized carbons (Fsp3) is 0.632. The molecule has 0 spiro atoms. The smallest absolute Gasteiger partial charge is 0.257 e. The first-order valence-corrected chi connectivity index (χ1v) is 9.29. The minimum absolute atomic E-state index is 0.0303. The van der Waals surface area contributed by atoms with Gasteiger partial charge in [-0.1, -0.05) is 12.2 Å². The highest BCUT2D eigenvalue weighted by Crippen LogP contribution is 2.44. The molecule has 1 aromatic heterocycles. The first-order valence-electron chi connectivity index (χ1n) is 9.29. The van der Waals surface area contributed by atoms with Gasteiger partial charge in [0.2, 0.25) is 5.91 Å². The Morgan fingerprint density at radius 2 is 1.84 bits per heavy atom. The Morgan fingerprint density at radius 3 is 2.48 bits per heavy atom. The molecule has 2 bridgehead atoms. The SMILES string of the molecule is Cc1nn(C)cc1C(=O)N1CCCN(C(=O)[C@@H]2C[C@@H]3C=C[C@H]2C3)CC1. The molecule has 0 aromatic carbocycles. The van der Waals surface area contributed by atoms with Crippen molar-refractivity contribution in [2.24, 2.45) is 24.8 Å². The van der Waals surface area contributed by atoms with E-state index in [-0.39, 0.29) is 11.8 Å². The van der Waals surface area contributed by atoms with Crippen LogP contribution in [0.1, 0.15) is 35.3 Å². The average Bonchev–Trinajstić information content (AvgIpc) is 3.24. The lowest BCUT2D eigenvalue weighted by Crippen LogP contribution is -2.41. The maximum absolute atomic E-state index is 12.9. The van der Waals surface area contributed by atoms with Crippen LogP contribution < -0.4 is 0 Å². The number of hydrogen-bond acceptors (Lipinski definition) is 3. The maximum atomic E-state index is 12.9. The minimum atomic E-state index is 0.0303. The summed E-state index contributed by atoms with van der Waals surface area (Å²) in [6, 6.07) is 0. The zero-order chi connectivity index (χ0) is 17.6. The molecule has 1 saturated heterocycles. The zero-order valence-corrected chi connectivity index (χ0v) is 15.0. The van der Waals surface area contributed by atoms with Gasteiger partial charge in [-0.15, -0.1) is 0 Å². The summed E-state index contributed by atoms with van der Waals surface area (Å²) >= 11 is 0. The van der Waals surface area contributed by atoms with Crippen molar-refractivity contribution in [3.63, 3.8) is 0 Å². The van der Waals surface area contributed by atoms with Gasteiger partial charge >= 0.3 is 0 Å². The highest BCUT2D eigenvalue weighted by molar-refractivity contribution is 5.95. The van der Waals surface area contributed by atoms with E-state index in [0.717, 1.165) is 31.5 Å². The Kier molecular flexibility index (Phi) is 4.13. The van der Waals surface area contributed by atoms with Crippen LogP contribution in [0.25, 0.3) is 0 Å². The van der Waals surface area contributed by atoms with Crippen LogP contribution >= 0.6 is 0 Å². The Bertz CT molecular complexity index is 723. The summed E-state index contributed by atoms with van der Waals surface area (Å²) in [5.41, 5.74) is 1.43. The lowest BCUT2D eigenvalue weighted by molar-refractivity contribution is -0.136. The van der Waals surface area contributed by atoms with Crippen LogP contribution in [0.3, 0.4) is 0 Å². The van der Waals surface area contributed by atoms with E-state index in [1.165, 1.54) is 0 Å². The van der Waals surface area contributed by atoms with Crippen LogP contribution in [0.5, 0.6) is 0 Å². The van der Waals surface area contributed by atoms with Crippen molar-refractivity contribution in [1.82, 2.24) is 19.6 Å². The van der Waals surface area contributed by atoms with Gasteiger partial charge in [-0.05, 0) is 38.0 Å². The summed E-state index contributed by atoms with van der Waals surface area (Å²) in [6.45, 7) is 4.57. The van der Waals surface area contributed by atoms with E-state index in [1.54, 1.807) is 10.9 Å². The molecule has 0 radical (unpaired) electrons. The van der Waals surface area contributed by atoms with E-state index in [0.29, 0.717) is 42.9 Å². The molecule has 25 heavy (non-hydrogen) atoms. The minimum Gasteiger partial charge on any atom is -0.341 e. The van der Waals surface area contributed by atoms with Gasteiger partial charge < -0.3 is 9.80 Å². The van der Waals surface area contributed by atoms with E-state index in [4.69, 9.17) is 0 Å². The summed E-state index contributed by atoms with van der Waals surface area (Å²) in [5, 5.41) is 4.27. The maximum Gasteiger partial charge on any atom is 0.257 e. The van der Waals surface area contributed by atoms with Gasteiger partial charge in [0.1, 0.15) is 0 Å². The molecule has 2 aliphatic carbocycles. The number of fused-ring (bicyclic) bond motifs is 2. The predicted octanol–water partition coefficient (Wildman–Crippen LogP) is 1.62. The number of nitrogens with zero attached hydrogens (tertiary/aromatic N) is 4. The fourth-order valence-corrected chi connectivity index (χ4v) is 4.62. The number of allylic oxidation sites excluding steroid dienone is 2. The van der Waals surface area contributed by atoms with Crippen LogP contribution in [-0.2, 0) is 11.8 Å². The lowest BCUT2D eigenvalue weighted by atomic mass is 9.92. The van der Waals surface area contributed by atoms with E-state index in [2.05, 4.69) is 17.3 Å². The Morgan fingerprint density at radius 1 is 1.08 bits per heavy atom. The topological polar surface area (TPSA) is 58.4 Å². The third kappa shape index (κ3) is 2.98. The number of carbonyl (C=O) groups excluding carboxylic acids is 2. The number of aromatic nitrogens is 2. The Labute approximate surface area is 148 Å². The average molecular weight is 342 g/mol. The number of amides is 2. The molecule has 1 aliphatic heterocycles. The molecule has 0 unspecified atom stereocenters. The quantitative estimate of drug-likeness (QED) is 0.768. The highest BCUT2D eigenvalue weighted by Gasteiger charge is 2.41. The van der Waals surface area contributed by atoms with Gasteiger partial charge in [0.05, 0.1) is 11.3 Å². The molecular weight excluding hydrogens is 316 g/mol. The summed E-state index contributed by atoms with van der Waals surface area (Å²) in [6.07, 6.45) is 9.28. The van der Waals surface area contributed by atoms with Crippen molar-refractivity contribution in [2.75, 3.05) is 26.2 Å². The summed E-state index contributed by atoms with van der Waals surface area (Å²) < 4.78 is 1.68. The van der Waals surface area contributed by atoms with Crippen LogP contribution in [-0.4, -0.2) is 57.6 Å². The van der Waals surface area contributed by atoms with Crippen molar-refractivity contribution in [3.05, 3.63) is 29.6 Å². The highest BCUT2D eigenvalue weighted by atomic mass is 16.2. The van der Waals surface area contributed by atoms with Crippen LogP contribution in [0, 0.1) is 24.7 Å². The monoisotopic (exact) mass is 342 g/mol. The van der Waals surface area contributed by atoms with Gasteiger partial charge in [-0.2, -0.15) is 5.10 Å². The molecular formula is C19H26N4O2. The standard InChI is InChI=1S/C19H26N4O2/c1-13-17(12-21(2)20-13)19(25)23-7-3-6-22(8-9-23)18(24)16-11-14-4-5-15(16)10-14/h4-5,12,14-16H,3,6-11H2,1-2H3/t14-,15+,16-/m1/s1. The summed E-state index contributed by atoms with van der Waals surface area (Å²) in [7, 11) is 1.83. The van der Waals surface area contributed by atoms with E-state index < -0.39 is 0 Å². The summed E-state index contributed by atoms with van der Waals surface area (Å²) in [5.74, 6) is 1.54. The normalized spacial score (nSPS) is 28.5. The van der Waals surface area contributed by atoms with Crippen molar-refractivity contribution in [1.29, 1.82) is 0 Å². The Hall–Kier alpha value is -2.11. The first kappa shape index (κ1) is 16.4. The molecule has 4 rings (SSSR count). The second kappa shape index (κ2) is 6.32. The molecule has 3 atom stereocenters. The second-order valence-corrected chi connectivity index (χ2v) is 7.66. The molecule has 2 fully saturated rings. The van der Waals surface area contributed by atoms with Crippen LogP contribution in [0.15, 0.2) is 18.3 Å². The number of rotatable bonds is 2. The first-order chi connectivity index (χ1) is 12.0. The zero-order valence-electron chi connectivity index (χ0n) is 15.0. The second-order valence-electron chi connectivity index (χ2n) is 7.66. The number of hydrogen-bond donors (Lipinski definition) is 0. The van der Waals surface area contributed by atoms with E-state index in [9.17, 15) is 9.59 Å². The van der Waals surface area contributed by atoms with Crippen molar-refractivity contribution in [2.45, 2.75) is 26.2 Å². The molecule has 6 heteroatoms. The lowest BCUT2D eigenvalue weighted by Gasteiger charge is -2.27. The third-order valence-electron chi connectivity index (χ3n) is 5.93. The Balaban J connectivity index is 1.40. The van der Waals surface area contributed by atoms with Gasteiger partial charge in [0, 0.05) is 45.3 Å². The number of carbonyl (C=O) groups is 2. The van der Waals surface area contributed by atoms with Crippen molar-refractivity contribution >= 4 is 11.8 Å². The fourth-order valence-electron chi connectivity index (χ4n) is 4.62. The van der Waals surface area contributed by atoms with Crippen molar-refractivity contribution < 1.29 is 9.59 Å². The molecule has 2 heterocycles. The van der Waals surface area contributed by atoms with Crippen molar-refractivity contribution in [3.8, 4) is 0 Å². The van der Waals surface area contributed by atoms with Gasteiger partial charge in [-0.25, -0.2) is 0 Å². The van der Waals surface area contributed by atoms with Crippen LogP contribution in [0.4, 0.5) is 0 Å². The molecule has 3 aliphatic rings. The van der Waals surface area contributed by atoms with Gasteiger partial charge in [0.25, 0.3) is 5.91 Å². The predicted molar refractivity (Wildman–Crippen MR) is 93.9 cm³/mol. The molecule has 134 valence electrons. The molecule has 2 amide bonds. The van der Waals surface area contributed by atoms with Gasteiger partial charge in [0.15, 0.2) is 0 Å². The van der Waals surface area contributed by atoms with Crippen LogP contribution in [0.2, 0.25) is 0 Å². The molecule has 1 saturated carbocycles. The number of aryl methyl sites for hydroxylation is 2. The molecule has 6 nitrogen and oxygen atoms in total. The summed E-state index contributed by atoms with van der Waals surface area (Å²) in [4.78, 5) is 29.6. The van der Waals surface area contributed by atoms with E-state index in [1.807, 2.05) is 23.8 Å². The van der Waals surface area contributed by atoms with Gasteiger partial charge in [-0.3, -0.25) is 14.3 Å². The molecule has 0 N–H and O–H groups in total. The largest absolute Gasteiger partial charge is 0.341 e. The van der Waals surface area contributed by atoms with E-state index >= 15 is 0 Å². The third-order valence-corrected chi connectivity index (χ3v) is 5.93.